The van der Waals surface area contributed by atoms with Gasteiger partial charge >= 0.3 is 0 Å². The molecule has 1 N–H and O–H groups in total. The van der Waals surface area contributed by atoms with Gasteiger partial charge in [-0.1, -0.05) is 0 Å². The standard InChI is InChI=1S/C22H25N5O2S/c1-13-10-17(14(2)30-13)19-7-8-23-22(26-19)27-20(15-5-6-15)18(12-25-27)21(28)24-11-16-4-3-9-29-16/h7-8,10,12,15-16H,3-6,9,11H2,1-2H3,(H,24,28)/t16-/m1/s1. The lowest BCUT2D eigenvalue weighted by Crippen LogP contribution is -2.32. The summed E-state index contributed by atoms with van der Waals surface area (Å²) in [5.41, 5.74) is 3.53. The van der Waals surface area contributed by atoms with Crippen LogP contribution in [0.25, 0.3) is 17.2 Å². The molecule has 1 aliphatic carbocycles. The van der Waals surface area contributed by atoms with Crippen molar-refractivity contribution < 1.29 is 9.53 Å². The second-order valence-electron chi connectivity index (χ2n) is 8.04. The third kappa shape index (κ3) is 3.77. The van der Waals surface area contributed by atoms with Gasteiger partial charge in [0.05, 0.1) is 29.3 Å². The molecule has 2 fully saturated rings. The number of hydrogen-bond acceptors (Lipinski definition) is 6. The summed E-state index contributed by atoms with van der Waals surface area (Å²) in [5, 5.41) is 7.53. The Labute approximate surface area is 179 Å². The molecule has 0 radical (unpaired) electrons. The van der Waals surface area contributed by atoms with E-state index < -0.39 is 0 Å². The quantitative estimate of drug-likeness (QED) is 0.652. The second kappa shape index (κ2) is 7.92. The van der Waals surface area contributed by atoms with Gasteiger partial charge in [0, 0.05) is 40.6 Å². The van der Waals surface area contributed by atoms with E-state index in [-0.39, 0.29) is 12.0 Å². The topological polar surface area (TPSA) is 81.9 Å². The van der Waals surface area contributed by atoms with E-state index in [1.807, 2.05) is 6.07 Å². The molecule has 1 saturated heterocycles. The predicted octanol–water partition coefficient (Wildman–Crippen LogP) is 3.79. The molecular formula is C22H25N5O2S. The van der Waals surface area contributed by atoms with Crippen LogP contribution in [0.5, 0.6) is 0 Å². The summed E-state index contributed by atoms with van der Waals surface area (Å²) in [4.78, 5) is 24.6. The largest absolute Gasteiger partial charge is 0.376 e. The number of nitrogens with zero attached hydrogens (tertiary/aromatic N) is 4. The predicted molar refractivity (Wildman–Crippen MR) is 115 cm³/mol. The Morgan fingerprint density at radius 2 is 2.20 bits per heavy atom. The van der Waals surface area contributed by atoms with Crippen molar-refractivity contribution in [3.63, 3.8) is 0 Å². The van der Waals surface area contributed by atoms with Crippen molar-refractivity contribution in [3.8, 4) is 17.2 Å². The Kier molecular flexibility index (Phi) is 5.12. The molecule has 30 heavy (non-hydrogen) atoms. The van der Waals surface area contributed by atoms with E-state index in [2.05, 4.69) is 35.3 Å². The molecule has 1 saturated carbocycles. The monoisotopic (exact) mass is 423 g/mol. The van der Waals surface area contributed by atoms with E-state index in [1.165, 1.54) is 9.75 Å². The van der Waals surface area contributed by atoms with Gasteiger partial charge in [-0.25, -0.2) is 14.6 Å². The van der Waals surface area contributed by atoms with Gasteiger partial charge in [-0.15, -0.1) is 11.3 Å². The van der Waals surface area contributed by atoms with Crippen molar-refractivity contribution in [3.05, 3.63) is 45.5 Å². The van der Waals surface area contributed by atoms with Gasteiger partial charge in [0.25, 0.3) is 11.9 Å². The van der Waals surface area contributed by atoms with Crippen LogP contribution in [0.2, 0.25) is 0 Å². The Hall–Kier alpha value is -2.58. The smallest absolute Gasteiger partial charge is 0.254 e. The highest BCUT2D eigenvalue weighted by Crippen LogP contribution is 2.42. The molecule has 156 valence electrons. The normalized spacial score (nSPS) is 18.7. The second-order valence-corrected chi connectivity index (χ2v) is 9.50. The van der Waals surface area contributed by atoms with E-state index in [0.717, 1.165) is 49.2 Å². The maximum absolute atomic E-state index is 12.9. The fourth-order valence-electron chi connectivity index (χ4n) is 4.03. The number of amides is 1. The van der Waals surface area contributed by atoms with Gasteiger partial charge in [-0.3, -0.25) is 4.79 Å². The van der Waals surface area contributed by atoms with Crippen LogP contribution in [-0.4, -0.2) is 44.9 Å². The zero-order valence-electron chi connectivity index (χ0n) is 17.2. The highest BCUT2D eigenvalue weighted by Gasteiger charge is 2.34. The molecule has 3 aromatic heterocycles. The Morgan fingerprint density at radius 3 is 2.90 bits per heavy atom. The van der Waals surface area contributed by atoms with E-state index in [1.54, 1.807) is 28.4 Å². The molecule has 1 atom stereocenters. The first-order valence-electron chi connectivity index (χ1n) is 10.5. The molecule has 0 bridgehead atoms. The SMILES string of the molecule is Cc1cc(-c2ccnc(-n3ncc(C(=O)NC[C@H]4CCCO4)c3C3CC3)n2)c(C)s1. The van der Waals surface area contributed by atoms with Gasteiger partial charge in [0.1, 0.15) is 0 Å². The molecule has 4 heterocycles. The molecule has 0 aromatic carbocycles. The average molecular weight is 424 g/mol. The molecule has 0 unspecified atom stereocenters. The number of nitrogens with one attached hydrogen (secondary N) is 1. The maximum Gasteiger partial charge on any atom is 0.254 e. The van der Waals surface area contributed by atoms with Crippen LogP contribution in [0.3, 0.4) is 0 Å². The fourth-order valence-corrected chi connectivity index (χ4v) is 4.97. The van der Waals surface area contributed by atoms with Gasteiger partial charge < -0.3 is 10.1 Å². The molecule has 5 rings (SSSR count). The lowest BCUT2D eigenvalue weighted by atomic mass is 10.1. The van der Waals surface area contributed by atoms with Gasteiger partial charge in [-0.2, -0.15) is 5.10 Å². The summed E-state index contributed by atoms with van der Waals surface area (Å²) in [6.07, 6.45) is 7.69. The first kappa shape index (κ1) is 19.4. The number of hydrogen-bond donors (Lipinski definition) is 1. The third-order valence-electron chi connectivity index (χ3n) is 5.68. The number of ether oxygens (including phenoxy) is 1. The highest BCUT2D eigenvalue weighted by molar-refractivity contribution is 7.12. The zero-order valence-corrected chi connectivity index (χ0v) is 18.0. The van der Waals surface area contributed by atoms with Crippen molar-refractivity contribution in [2.75, 3.05) is 13.2 Å². The van der Waals surface area contributed by atoms with E-state index in [0.29, 0.717) is 24.0 Å². The van der Waals surface area contributed by atoms with Gasteiger partial charge in [-0.05, 0) is 51.7 Å². The number of carbonyl (C=O) groups excluding carboxylic acids is 1. The summed E-state index contributed by atoms with van der Waals surface area (Å²) in [5.74, 6) is 0.739. The van der Waals surface area contributed by atoms with Gasteiger partial charge in [0.15, 0.2) is 0 Å². The number of aromatic nitrogens is 4. The fraction of sp³-hybridized carbons (Fsp3) is 0.455. The van der Waals surface area contributed by atoms with Crippen LogP contribution in [0, 0.1) is 13.8 Å². The van der Waals surface area contributed by atoms with Crippen molar-refractivity contribution >= 4 is 17.2 Å². The molecule has 1 amide bonds. The van der Waals surface area contributed by atoms with Crippen LogP contribution in [-0.2, 0) is 4.74 Å². The lowest BCUT2D eigenvalue weighted by Gasteiger charge is -2.12. The molecular weight excluding hydrogens is 398 g/mol. The van der Waals surface area contributed by atoms with E-state index in [9.17, 15) is 4.79 Å². The van der Waals surface area contributed by atoms with Crippen LogP contribution in [0.4, 0.5) is 0 Å². The maximum atomic E-state index is 12.9. The number of carbonyl (C=O) groups is 1. The van der Waals surface area contributed by atoms with Crippen LogP contribution in [0.1, 0.15) is 57.4 Å². The summed E-state index contributed by atoms with van der Waals surface area (Å²) in [6, 6.07) is 4.08. The summed E-state index contributed by atoms with van der Waals surface area (Å²) in [6.45, 7) is 5.53. The summed E-state index contributed by atoms with van der Waals surface area (Å²) in [7, 11) is 0. The minimum atomic E-state index is -0.0980. The molecule has 0 spiro atoms. The highest BCUT2D eigenvalue weighted by atomic mass is 32.1. The van der Waals surface area contributed by atoms with Crippen molar-refractivity contribution in [1.82, 2.24) is 25.1 Å². The van der Waals surface area contributed by atoms with E-state index >= 15 is 0 Å². The van der Waals surface area contributed by atoms with Gasteiger partial charge in [0.2, 0.25) is 0 Å². The third-order valence-corrected chi connectivity index (χ3v) is 6.64. The van der Waals surface area contributed by atoms with Crippen molar-refractivity contribution in [2.24, 2.45) is 0 Å². The van der Waals surface area contributed by atoms with Crippen molar-refractivity contribution in [2.45, 2.75) is 51.6 Å². The lowest BCUT2D eigenvalue weighted by molar-refractivity contribution is 0.0857. The summed E-state index contributed by atoms with van der Waals surface area (Å²) >= 11 is 1.76. The zero-order chi connectivity index (χ0) is 20.7. The molecule has 3 aromatic rings. The number of aryl methyl sites for hydroxylation is 2. The molecule has 2 aliphatic rings. The average Bonchev–Trinajstić information content (AvgIpc) is 3.14. The minimum Gasteiger partial charge on any atom is -0.376 e. The Balaban J connectivity index is 1.44. The minimum absolute atomic E-state index is 0.0980. The van der Waals surface area contributed by atoms with E-state index in [4.69, 9.17) is 9.72 Å². The number of rotatable bonds is 6. The van der Waals surface area contributed by atoms with Crippen LogP contribution < -0.4 is 5.32 Å². The first-order chi connectivity index (χ1) is 14.6. The molecule has 8 heteroatoms. The number of thiophene rings is 1. The first-order valence-corrected chi connectivity index (χ1v) is 11.3. The molecule has 7 nitrogen and oxygen atoms in total. The van der Waals surface area contributed by atoms with Crippen molar-refractivity contribution in [1.29, 1.82) is 0 Å². The van der Waals surface area contributed by atoms with Crippen LogP contribution >= 0.6 is 11.3 Å². The summed E-state index contributed by atoms with van der Waals surface area (Å²) < 4.78 is 7.36. The Morgan fingerprint density at radius 1 is 1.33 bits per heavy atom. The van der Waals surface area contributed by atoms with Crippen LogP contribution in [0.15, 0.2) is 24.5 Å². The molecule has 1 aliphatic heterocycles. The Bertz CT molecular complexity index is 1080.